The Bertz CT molecular complexity index is 281. The second kappa shape index (κ2) is 3.04. The van der Waals surface area contributed by atoms with Crippen LogP contribution in [0.3, 0.4) is 0 Å². The van der Waals surface area contributed by atoms with Crippen molar-refractivity contribution in [2.75, 3.05) is 0 Å². The summed E-state index contributed by atoms with van der Waals surface area (Å²) in [6.45, 7) is 0. The van der Waals surface area contributed by atoms with Crippen molar-refractivity contribution in [3.05, 3.63) is 30.7 Å². The molecule has 4 heteroatoms. The Kier molecular flexibility index (Phi) is 2.51. The number of hydrogen-bond donors (Lipinski definition) is 0. The van der Waals surface area contributed by atoms with Gasteiger partial charge in [-0.15, -0.1) is 0 Å². The summed E-state index contributed by atoms with van der Waals surface area (Å²) in [5, 5.41) is 0. The van der Waals surface area contributed by atoms with Gasteiger partial charge in [0, 0.05) is 17.7 Å². The molecule has 0 aromatic carbocycles. The standard InChI is InChI=1S/C6H5BrINO/c1-9-3-4(7)2-5(8)6(9)10/h2-3H,1H3. The molecule has 54 valence electrons. The third kappa shape index (κ3) is 1.60. The molecule has 1 rings (SSSR count). The van der Waals surface area contributed by atoms with Crippen molar-refractivity contribution < 1.29 is 0 Å². The highest BCUT2D eigenvalue weighted by atomic mass is 127. The fourth-order valence-corrected chi connectivity index (χ4v) is 2.31. The first-order valence-electron chi connectivity index (χ1n) is 2.63. The first-order valence-corrected chi connectivity index (χ1v) is 4.50. The molecule has 0 atom stereocenters. The Morgan fingerprint density at radius 3 is 2.80 bits per heavy atom. The molecule has 0 unspecified atom stereocenters. The van der Waals surface area contributed by atoms with E-state index in [0.717, 1.165) is 8.04 Å². The maximum Gasteiger partial charge on any atom is 0.263 e. The number of hydrogen-bond acceptors (Lipinski definition) is 1. The highest BCUT2D eigenvalue weighted by Gasteiger charge is 1.97. The lowest BCUT2D eigenvalue weighted by molar-refractivity contribution is 0.848. The zero-order valence-electron chi connectivity index (χ0n) is 5.27. The van der Waals surface area contributed by atoms with Gasteiger partial charge in [0.05, 0.1) is 3.57 Å². The van der Waals surface area contributed by atoms with Gasteiger partial charge in [-0.1, -0.05) is 0 Å². The molecule has 10 heavy (non-hydrogen) atoms. The van der Waals surface area contributed by atoms with Crippen molar-refractivity contribution in [3.63, 3.8) is 0 Å². The Labute approximate surface area is 80.5 Å². The van der Waals surface area contributed by atoms with Gasteiger partial charge in [-0.3, -0.25) is 4.79 Å². The van der Waals surface area contributed by atoms with Gasteiger partial charge in [0.25, 0.3) is 5.56 Å². The molecule has 2 nitrogen and oxygen atoms in total. The van der Waals surface area contributed by atoms with Gasteiger partial charge in [-0.25, -0.2) is 0 Å². The van der Waals surface area contributed by atoms with Crippen molar-refractivity contribution in [1.82, 2.24) is 4.57 Å². The van der Waals surface area contributed by atoms with Gasteiger partial charge < -0.3 is 4.57 Å². The van der Waals surface area contributed by atoms with E-state index in [1.807, 2.05) is 22.6 Å². The second-order valence-corrected chi connectivity index (χ2v) is 4.00. The largest absolute Gasteiger partial charge is 0.317 e. The number of rotatable bonds is 0. The van der Waals surface area contributed by atoms with Gasteiger partial charge >= 0.3 is 0 Å². The molecule has 1 aromatic rings. The summed E-state index contributed by atoms with van der Waals surface area (Å²) >= 11 is 5.29. The third-order valence-corrected chi connectivity index (χ3v) is 2.31. The molecule has 0 amide bonds. The third-order valence-electron chi connectivity index (χ3n) is 1.11. The molecule has 0 aliphatic heterocycles. The topological polar surface area (TPSA) is 22.0 Å². The van der Waals surface area contributed by atoms with E-state index in [9.17, 15) is 4.79 Å². The van der Waals surface area contributed by atoms with Crippen molar-refractivity contribution in [1.29, 1.82) is 0 Å². The van der Waals surface area contributed by atoms with Crippen LogP contribution in [0.25, 0.3) is 0 Å². The maximum atomic E-state index is 11.1. The van der Waals surface area contributed by atoms with Crippen LogP contribution in [0.15, 0.2) is 21.5 Å². The highest BCUT2D eigenvalue weighted by molar-refractivity contribution is 14.1. The number of aryl methyl sites for hydroxylation is 1. The van der Waals surface area contributed by atoms with Crippen LogP contribution in [0.2, 0.25) is 0 Å². The first-order chi connectivity index (χ1) is 4.61. The summed E-state index contributed by atoms with van der Waals surface area (Å²) in [6, 6.07) is 1.79. The molecule has 0 saturated carbocycles. The summed E-state index contributed by atoms with van der Waals surface area (Å²) in [5.41, 5.74) is 0.0452. The molecule has 0 N–H and O–H groups in total. The first kappa shape index (κ1) is 8.26. The molecule has 0 bridgehead atoms. The zero-order chi connectivity index (χ0) is 7.72. The minimum Gasteiger partial charge on any atom is -0.317 e. The Morgan fingerprint density at radius 2 is 2.30 bits per heavy atom. The lowest BCUT2D eigenvalue weighted by Crippen LogP contribution is -2.18. The summed E-state index contributed by atoms with van der Waals surface area (Å²) in [4.78, 5) is 11.1. The smallest absolute Gasteiger partial charge is 0.263 e. The van der Waals surface area contributed by atoms with Crippen LogP contribution in [0.4, 0.5) is 0 Å². The van der Waals surface area contributed by atoms with E-state index in [0.29, 0.717) is 0 Å². The second-order valence-electron chi connectivity index (χ2n) is 1.92. The van der Waals surface area contributed by atoms with Crippen LogP contribution in [0.1, 0.15) is 0 Å². The molecule has 0 aliphatic rings. The van der Waals surface area contributed by atoms with Gasteiger partial charge in [0.1, 0.15) is 0 Å². The monoisotopic (exact) mass is 313 g/mol. The van der Waals surface area contributed by atoms with Gasteiger partial charge in [0.15, 0.2) is 0 Å². The molecular formula is C6H5BrINO. The number of halogens is 2. The molecule has 0 saturated heterocycles. The molecule has 1 heterocycles. The minimum atomic E-state index is 0.0452. The number of aromatic nitrogens is 1. The van der Waals surface area contributed by atoms with E-state index in [-0.39, 0.29) is 5.56 Å². The van der Waals surface area contributed by atoms with E-state index < -0.39 is 0 Å². The summed E-state index contributed by atoms with van der Waals surface area (Å²) in [6.07, 6.45) is 1.74. The van der Waals surface area contributed by atoms with Crippen LogP contribution in [0, 0.1) is 3.57 Å². The van der Waals surface area contributed by atoms with E-state index in [2.05, 4.69) is 15.9 Å². The van der Waals surface area contributed by atoms with Crippen molar-refractivity contribution in [2.45, 2.75) is 0 Å². The van der Waals surface area contributed by atoms with Gasteiger partial charge in [0.2, 0.25) is 0 Å². The van der Waals surface area contributed by atoms with E-state index in [4.69, 9.17) is 0 Å². The van der Waals surface area contributed by atoms with Crippen LogP contribution in [0.5, 0.6) is 0 Å². The fourth-order valence-electron chi connectivity index (χ4n) is 0.632. The van der Waals surface area contributed by atoms with Crippen molar-refractivity contribution >= 4 is 38.5 Å². The van der Waals surface area contributed by atoms with Crippen molar-refractivity contribution in [3.8, 4) is 0 Å². The van der Waals surface area contributed by atoms with Crippen LogP contribution < -0.4 is 5.56 Å². The molecule has 1 aromatic heterocycles. The Morgan fingerprint density at radius 1 is 1.70 bits per heavy atom. The molecule has 0 radical (unpaired) electrons. The molecule has 0 spiro atoms. The van der Waals surface area contributed by atoms with Gasteiger partial charge in [-0.05, 0) is 44.6 Å². The number of nitrogens with zero attached hydrogens (tertiary/aromatic N) is 1. The average Bonchev–Trinajstić information content (AvgIpc) is 1.82. The zero-order valence-corrected chi connectivity index (χ0v) is 9.01. The van der Waals surface area contributed by atoms with E-state index in [1.165, 1.54) is 0 Å². The van der Waals surface area contributed by atoms with E-state index >= 15 is 0 Å². The maximum absolute atomic E-state index is 11.1. The summed E-state index contributed by atoms with van der Waals surface area (Å²) < 4.78 is 3.21. The SMILES string of the molecule is Cn1cc(Br)cc(I)c1=O. The van der Waals surface area contributed by atoms with Crippen LogP contribution in [-0.2, 0) is 7.05 Å². The highest BCUT2D eigenvalue weighted by Crippen LogP contribution is 2.08. The van der Waals surface area contributed by atoms with E-state index in [1.54, 1.807) is 23.9 Å². The Hall–Kier alpha value is 0.160. The molecular weight excluding hydrogens is 309 g/mol. The van der Waals surface area contributed by atoms with Crippen molar-refractivity contribution in [2.24, 2.45) is 7.05 Å². The lowest BCUT2D eigenvalue weighted by atomic mass is 10.5. The Balaban J connectivity index is 3.46. The normalized spacial score (nSPS) is 9.90. The predicted octanol–water partition coefficient (Wildman–Crippen LogP) is 1.75. The lowest BCUT2D eigenvalue weighted by Gasteiger charge is -1.97. The summed E-state index contributed by atoms with van der Waals surface area (Å²) in [7, 11) is 1.73. The van der Waals surface area contributed by atoms with Gasteiger partial charge in [-0.2, -0.15) is 0 Å². The number of pyridine rings is 1. The van der Waals surface area contributed by atoms with Crippen LogP contribution >= 0.6 is 38.5 Å². The van der Waals surface area contributed by atoms with Crippen LogP contribution in [-0.4, -0.2) is 4.57 Å². The molecule has 0 fully saturated rings. The minimum absolute atomic E-state index is 0.0452. The quantitative estimate of drug-likeness (QED) is 0.669. The summed E-state index contributed by atoms with van der Waals surface area (Å²) in [5.74, 6) is 0. The average molecular weight is 314 g/mol. The fraction of sp³-hybridized carbons (Fsp3) is 0.167. The molecule has 0 aliphatic carbocycles. The predicted molar refractivity (Wildman–Crippen MR) is 52.1 cm³/mol.